The van der Waals surface area contributed by atoms with Gasteiger partial charge in [-0.3, -0.25) is 9.59 Å². The first-order valence-corrected chi connectivity index (χ1v) is 8.57. The lowest BCUT2D eigenvalue weighted by molar-refractivity contribution is -0.116. The van der Waals surface area contributed by atoms with Crippen LogP contribution in [0.25, 0.3) is 0 Å². The molecule has 0 bridgehead atoms. The quantitative estimate of drug-likeness (QED) is 0.762. The maximum atomic E-state index is 11.9. The van der Waals surface area contributed by atoms with Crippen molar-refractivity contribution in [3.05, 3.63) is 41.6 Å². The van der Waals surface area contributed by atoms with Crippen molar-refractivity contribution in [3.63, 3.8) is 0 Å². The number of nitrogens with one attached hydrogen (secondary N) is 1. The molecule has 0 aliphatic heterocycles. The maximum Gasteiger partial charge on any atom is 0.227 e. The monoisotopic (exact) mass is 335 g/mol. The molecule has 0 aliphatic carbocycles. The normalized spacial score (nSPS) is 10.4. The molecule has 1 heterocycles. The molecule has 0 saturated carbocycles. The summed E-state index contributed by atoms with van der Waals surface area (Å²) in [5.74, 6) is -0.222. The first kappa shape index (κ1) is 16.5. The number of nitrogens with two attached hydrogens (primary N) is 1. The molecule has 0 unspecified atom stereocenters. The number of aromatic nitrogens is 1. The van der Waals surface area contributed by atoms with E-state index in [0.717, 1.165) is 15.5 Å². The predicted octanol–water partition coefficient (Wildman–Crippen LogP) is 2.60. The largest absolute Gasteiger partial charge is 0.369 e. The third-order valence-corrected chi connectivity index (χ3v) is 5.29. The molecule has 0 radical (unpaired) electrons. The van der Waals surface area contributed by atoms with Gasteiger partial charge in [0.1, 0.15) is 0 Å². The first-order chi connectivity index (χ1) is 10.5. The molecule has 0 fully saturated rings. The van der Waals surface area contributed by atoms with Crippen LogP contribution in [0, 0.1) is 6.92 Å². The van der Waals surface area contributed by atoms with Gasteiger partial charge in [-0.2, -0.15) is 0 Å². The lowest BCUT2D eigenvalue weighted by Crippen LogP contribution is -2.12. The minimum absolute atomic E-state index is 0.0657. The molecule has 116 valence electrons. The van der Waals surface area contributed by atoms with Crippen LogP contribution in [-0.4, -0.2) is 22.6 Å². The topological polar surface area (TPSA) is 85.1 Å². The molecule has 0 aliphatic rings. The summed E-state index contributed by atoms with van der Waals surface area (Å²) in [6.45, 7) is 1.85. The molecule has 5 nitrogen and oxygen atoms in total. The van der Waals surface area contributed by atoms with Crippen molar-refractivity contribution in [2.24, 2.45) is 5.73 Å². The van der Waals surface area contributed by atoms with E-state index in [0.29, 0.717) is 18.0 Å². The molecule has 2 amide bonds. The molecule has 1 aromatic carbocycles. The van der Waals surface area contributed by atoms with E-state index in [-0.39, 0.29) is 17.6 Å². The van der Waals surface area contributed by atoms with Crippen molar-refractivity contribution in [1.82, 2.24) is 4.98 Å². The second-order valence-electron chi connectivity index (χ2n) is 4.68. The number of rotatable bonds is 7. The smallest absolute Gasteiger partial charge is 0.227 e. The number of thioether (sulfide) groups is 1. The summed E-state index contributed by atoms with van der Waals surface area (Å²) in [7, 11) is 0. The third kappa shape index (κ3) is 5.16. The summed E-state index contributed by atoms with van der Waals surface area (Å²) in [5, 5.41) is 3.36. The van der Waals surface area contributed by atoms with Crippen LogP contribution in [0.1, 0.15) is 17.7 Å². The highest BCUT2D eigenvalue weighted by atomic mass is 32.2. The Hall–Kier alpha value is -1.86. The van der Waals surface area contributed by atoms with E-state index in [1.807, 2.05) is 37.3 Å². The lowest BCUT2D eigenvalue weighted by atomic mass is 10.1. The van der Waals surface area contributed by atoms with Crippen molar-refractivity contribution in [1.29, 1.82) is 0 Å². The molecular formula is C15H17N3O2S2. The van der Waals surface area contributed by atoms with Gasteiger partial charge in [0.25, 0.3) is 0 Å². The Balaban J connectivity index is 1.86. The Bertz CT molecular complexity index is 656. The molecule has 2 rings (SSSR count). The van der Waals surface area contributed by atoms with E-state index in [1.54, 1.807) is 0 Å². The number of carbonyl (C=O) groups is 2. The highest BCUT2D eigenvalue weighted by Gasteiger charge is 2.11. The summed E-state index contributed by atoms with van der Waals surface area (Å²) in [4.78, 5) is 27.0. The van der Waals surface area contributed by atoms with Crippen LogP contribution in [0.4, 0.5) is 5.13 Å². The van der Waals surface area contributed by atoms with Crippen molar-refractivity contribution < 1.29 is 9.59 Å². The molecular weight excluding hydrogens is 318 g/mol. The van der Waals surface area contributed by atoms with Crippen LogP contribution in [0.15, 0.2) is 34.5 Å². The standard InChI is InChI=1S/C15H17N3O2S2/c1-10-14(21-9-12(16)19)22-15(17-10)18-13(20)8-7-11-5-3-2-4-6-11/h2-6H,7-9H2,1H3,(H2,16,19)(H,17,18,20). The van der Waals surface area contributed by atoms with E-state index in [9.17, 15) is 9.59 Å². The number of aryl methyl sites for hydroxylation is 2. The molecule has 22 heavy (non-hydrogen) atoms. The first-order valence-electron chi connectivity index (χ1n) is 6.77. The van der Waals surface area contributed by atoms with Gasteiger partial charge in [0.2, 0.25) is 11.8 Å². The zero-order valence-electron chi connectivity index (χ0n) is 12.2. The van der Waals surface area contributed by atoms with Gasteiger partial charge >= 0.3 is 0 Å². The molecule has 3 N–H and O–H groups in total. The highest BCUT2D eigenvalue weighted by Crippen LogP contribution is 2.31. The molecule has 0 spiro atoms. The Kier molecular flexibility index (Phi) is 5.97. The number of thiazole rings is 1. The van der Waals surface area contributed by atoms with Crippen molar-refractivity contribution in [3.8, 4) is 0 Å². The van der Waals surface area contributed by atoms with Crippen molar-refractivity contribution in [2.75, 3.05) is 11.1 Å². The second-order valence-corrected chi connectivity index (χ2v) is 6.92. The molecule has 0 atom stereocenters. The van der Waals surface area contributed by atoms with Gasteiger partial charge in [0, 0.05) is 6.42 Å². The van der Waals surface area contributed by atoms with Gasteiger partial charge in [0.05, 0.1) is 15.7 Å². The third-order valence-electron chi connectivity index (χ3n) is 2.83. The molecule has 2 aromatic rings. The molecule has 1 aromatic heterocycles. The minimum atomic E-state index is -0.369. The van der Waals surface area contributed by atoms with E-state index < -0.39 is 0 Å². The fraction of sp³-hybridized carbons (Fsp3) is 0.267. The maximum absolute atomic E-state index is 11.9. The van der Waals surface area contributed by atoms with Gasteiger partial charge in [-0.25, -0.2) is 4.98 Å². The Morgan fingerprint density at radius 3 is 2.73 bits per heavy atom. The van der Waals surface area contributed by atoms with Gasteiger partial charge in [0.15, 0.2) is 5.13 Å². The number of amides is 2. The fourth-order valence-electron chi connectivity index (χ4n) is 1.79. The number of anilines is 1. The van der Waals surface area contributed by atoms with Gasteiger partial charge in [-0.05, 0) is 18.9 Å². The van der Waals surface area contributed by atoms with Gasteiger partial charge < -0.3 is 11.1 Å². The lowest BCUT2D eigenvalue weighted by Gasteiger charge is -2.01. The van der Waals surface area contributed by atoms with Crippen molar-refractivity contribution in [2.45, 2.75) is 24.0 Å². The number of primary amides is 1. The van der Waals surface area contributed by atoms with Crippen molar-refractivity contribution >= 4 is 40.0 Å². The van der Waals surface area contributed by atoms with Crippen LogP contribution in [0.5, 0.6) is 0 Å². The van der Waals surface area contributed by atoms with Gasteiger partial charge in [-0.1, -0.05) is 41.7 Å². The Morgan fingerprint density at radius 1 is 1.32 bits per heavy atom. The predicted molar refractivity (Wildman–Crippen MR) is 90.2 cm³/mol. The van der Waals surface area contributed by atoms with Gasteiger partial charge in [-0.15, -0.1) is 11.8 Å². The highest BCUT2D eigenvalue weighted by molar-refractivity contribution is 8.01. The second kappa shape index (κ2) is 7.95. The Morgan fingerprint density at radius 2 is 2.05 bits per heavy atom. The average Bonchev–Trinajstić information content (AvgIpc) is 2.84. The van der Waals surface area contributed by atoms with E-state index in [1.165, 1.54) is 23.1 Å². The van der Waals surface area contributed by atoms with Crippen LogP contribution in [0.3, 0.4) is 0 Å². The Labute approximate surface area is 137 Å². The van der Waals surface area contributed by atoms with Crippen LogP contribution >= 0.6 is 23.1 Å². The SMILES string of the molecule is Cc1nc(NC(=O)CCc2ccccc2)sc1SCC(N)=O. The van der Waals surface area contributed by atoms with E-state index >= 15 is 0 Å². The van der Waals surface area contributed by atoms with Crippen LogP contribution < -0.4 is 11.1 Å². The number of nitrogens with zero attached hydrogens (tertiary/aromatic N) is 1. The summed E-state index contributed by atoms with van der Waals surface area (Å²) in [6.07, 6.45) is 1.10. The number of hydrogen-bond donors (Lipinski definition) is 2. The summed E-state index contributed by atoms with van der Waals surface area (Å²) in [6, 6.07) is 9.87. The van der Waals surface area contributed by atoms with Crippen LogP contribution in [0.2, 0.25) is 0 Å². The average molecular weight is 335 g/mol. The zero-order valence-corrected chi connectivity index (χ0v) is 13.8. The molecule has 7 heteroatoms. The molecule has 0 saturated heterocycles. The summed E-state index contributed by atoms with van der Waals surface area (Å²) < 4.78 is 0.900. The van der Waals surface area contributed by atoms with E-state index in [4.69, 9.17) is 5.73 Å². The van der Waals surface area contributed by atoms with Crippen LogP contribution in [-0.2, 0) is 16.0 Å². The minimum Gasteiger partial charge on any atom is -0.369 e. The van der Waals surface area contributed by atoms with E-state index in [2.05, 4.69) is 10.3 Å². The fourth-order valence-corrected chi connectivity index (χ4v) is 3.68. The number of carbonyl (C=O) groups excluding carboxylic acids is 2. The summed E-state index contributed by atoms with van der Waals surface area (Å²) >= 11 is 2.71. The summed E-state index contributed by atoms with van der Waals surface area (Å²) in [5.41, 5.74) is 7.06. The number of hydrogen-bond acceptors (Lipinski definition) is 5. The number of benzene rings is 1. The zero-order chi connectivity index (χ0) is 15.9.